The summed E-state index contributed by atoms with van der Waals surface area (Å²) < 4.78 is 0. The van der Waals surface area contributed by atoms with Crippen molar-refractivity contribution in [2.24, 2.45) is 0 Å². The Bertz CT molecular complexity index is 505. The van der Waals surface area contributed by atoms with Crippen LogP contribution in [0.15, 0.2) is 18.2 Å². The SMILES string of the molecule is N#Cc1cccc(NC2CCN3CCCCC23)c1N. The summed E-state index contributed by atoms with van der Waals surface area (Å²) >= 11 is 0. The molecule has 19 heavy (non-hydrogen) atoms. The summed E-state index contributed by atoms with van der Waals surface area (Å²) in [5.41, 5.74) is 8.10. The number of nitrogens with one attached hydrogen (secondary N) is 1. The highest BCUT2D eigenvalue weighted by Gasteiger charge is 2.35. The third-order valence-electron chi connectivity index (χ3n) is 4.42. The molecule has 1 aromatic carbocycles. The summed E-state index contributed by atoms with van der Waals surface area (Å²) in [6.45, 7) is 2.41. The lowest BCUT2D eigenvalue weighted by molar-refractivity contribution is 0.193. The lowest BCUT2D eigenvalue weighted by Gasteiger charge is -2.33. The van der Waals surface area contributed by atoms with Crippen LogP contribution in [0, 0.1) is 11.3 Å². The van der Waals surface area contributed by atoms with E-state index in [0.29, 0.717) is 23.3 Å². The molecule has 4 heteroatoms. The second kappa shape index (κ2) is 5.10. The van der Waals surface area contributed by atoms with Gasteiger partial charge in [-0.3, -0.25) is 4.90 Å². The number of hydrogen-bond donors (Lipinski definition) is 2. The minimum atomic E-state index is 0.469. The summed E-state index contributed by atoms with van der Waals surface area (Å²) in [4.78, 5) is 2.59. The maximum absolute atomic E-state index is 9.03. The van der Waals surface area contributed by atoms with Crippen LogP contribution in [0.5, 0.6) is 0 Å². The van der Waals surface area contributed by atoms with Gasteiger partial charge in [-0.25, -0.2) is 0 Å². The molecule has 3 rings (SSSR count). The van der Waals surface area contributed by atoms with Gasteiger partial charge in [0.2, 0.25) is 0 Å². The lowest BCUT2D eigenvalue weighted by atomic mass is 9.98. The van der Waals surface area contributed by atoms with Crippen LogP contribution in [0.2, 0.25) is 0 Å². The number of anilines is 2. The van der Waals surface area contributed by atoms with Crippen molar-refractivity contribution >= 4 is 11.4 Å². The van der Waals surface area contributed by atoms with Crippen molar-refractivity contribution in [3.05, 3.63) is 23.8 Å². The smallest absolute Gasteiger partial charge is 0.101 e. The molecule has 1 aromatic rings. The van der Waals surface area contributed by atoms with Crippen LogP contribution in [-0.2, 0) is 0 Å². The van der Waals surface area contributed by atoms with E-state index in [-0.39, 0.29) is 0 Å². The molecule has 3 N–H and O–H groups in total. The topological polar surface area (TPSA) is 65.1 Å². The fraction of sp³-hybridized carbons (Fsp3) is 0.533. The fourth-order valence-corrected chi connectivity index (χ4v) is 3.40. The van der Waals surface area contributed by atoms with E-state index < -0.39 is 0 Å². The molecule has 2 fully saturated rings. The monoisotopic (exact) mass is 256 g/mol. The summed E-state index contributed by atoms with van der Waals surface area (Å²) in [6, 6.07) is 8.88. The zero-order valence-corrected chi connectivity index (χ0v) is 11.1. The van der Waals surface area contributed by atoms with Gasteiger partial charge < -0.3 is 11.1 Å². The number of hydrogen-bond acceptors (Lipinski definition) is 4. The minimum absolute atomic E-state index is 0.469. The van der Waals surface area contributed by atoms with Crippen molar-refractivity contribution in [1.29, 1.82) is 5.26 Å². The first kappa shape index (κ1) is 12.3. The number of nitriles is 1. The van der Waals surface area contributed by atoms with Gasteiger partial charge in [0.1, 0.15) is 6.07 Å². The van der Waals surface area contributed by atoms with Gasteiger partial charge in [-0.1, -0.05) is 12.5 Å². The van der Waals surface area contributed by atoms with Gasteiger partial charge in [-0.15, -0.1) is 0 Å². The van der Waals surface area contributed by atoms with E-state index in [1.165, 1.54) is 38.8 Å². The van der Waals surface area contributed by atoms with E-state index >= 15 is 0 Å². The standard InChI is InChI=1S/C15H20N4/c16-10-11-4-3-5-13(15(11)17)18-12-7-9-19-8-2-1-6-14(12)19/h3-5,12,14,18H,1-2,6-9,17H2. The first-order valence-electron chi connectivity index (χ1n) is 7.09. The Labute approximate surface area is 114 Å². The molecular weight excluding hydrogens is 236 g/mol. The molecule has 2 saturated heterocycles. The first-order valence-corrected chi connectivity index (χ1v) is 7.09. The van der Waals surface area contributed by atoms with Crippen LogP contribution < -0.4 is 11.1 Å². The fourth-order valence-electron chi connectivity index (χ4n) is 3.40. The quantitative estimate of drug-likeness (QED) is 0.796. The van der Waals surface area contributed by atoms with Crippen LogP contribution in [0.25, 0.3) is 0 Å². The molecule has 2 unspecified atom stereocenters. The van der Waals surface area contributed by atoms with Crippen molar-refractivity contribution in [2.45, 2.75) is 37.8 Å². The Hall–Kier alpha value is -1.73. The van der Waals surface area contributed by atoms with E-state index in [9.17, 15) is 0 Å². The molecule has 2 aliphatic rings. The number of benzene rings is 1. The molecule has 0 radical (unpaired) electrons. The largest absolute Gasteiger partial charge is 0.396 e. The van der Waals surface area contributed by atoms with E-state index in [2.05, 4.69) is 16.3 Å². The third-order valence-corrected chi connectivity index (χ3v) is 4.42. The van der Waals surface area contributed by atoms with Crippen LogP contribution in [0.1, 0.15) is 31.2 Å². The normalized spacial score (nSPS) is 26.7. The van der Waals surface area contributed by atoms with Crippen LogP contribution >= 0.6 is 0 Å². The van der Waals surface area contributed by atoms with Crippen molar-refractivity contribution in [2.75, 3.05) is 24.1 Å². The Kier molecular flexibility index (Phi) is 3.31. The summed E-state index contributed by atoms with van der Waals surface area (Å²) in [7, 11) is 0. The van der Waals surface area contributed by atoms with Crippen molar-refractivity contribution < 1.29 is 0 Å². The molecule has 0 amide bonds. The highest BCUT2D eigenvalue weighted by Crippen LogP contribution is 2.31. The minimum Gasteiger partial charge on any atom is -0.396 e. The summed E-state index contributed by atoms with van der Waals surface area (Å²) in [5.74, 6) is 0. The van der Waals surface area contributed by atoms with Gasteiger partial charge >= 0.3 is 0 Å². The molecular formula is C15H20N4. The van der Waals surface area contributed by atoms with Crippen LogP contribution in [0.4, 0.5) is 11.4 Å². The van der Waals surface area contributed by atoms with Gasteiger partial charge in [-0.2, -0.15) is 5.26 Å². The Morgan fingerprint density at radius 3 is 3.00 bits per heavy atom. The molecule has 100 valence electrons. The molecule has 2 heterocycles. The highest BCUT2D eigenvalue weighted by atomic mass is 15.2. The van der Waals surface area contributed by atoms with E-state index in [1.807, 2.05) is 12.1 Å². The maximum Gasteiger partial charge on any atom is 0.101 e. The molecule has 2 aliphatic heterocycles. The van der Waals surface area contributed by atoms with Crippen molar-refractivity contribution in [3.63, 3.8) is 0 Å². The molecule has 0 bridgehead atoms. The van der Waals surface area contributed by atoms with Crippen LogP contribution in [-0.4, -0.2) is 30.1 Å². The number of nitrogens with two attached hydrogens (primary N) is 1. The number of rotatable bonds is 2. The predicted molar refractivity (Wildman–Crippen MR) is 76.8 cm³/mol. The summed E-state index contributed by atoms with van der Waals surface area (Å²) in [6.07, 6.45) is 5.10. The molecule has 0 saturated carbocycles. The Morgan fingerprint density at radius 1 is 1.26 bits per heavy atom. The molecule has 0 aliphatic carbocycles. The summed E-state index contributed by atoms with van der Waals surface area (Å²) in [5, 5.41) is 12.6. The Balaban J connectivity index is 1.77. The number of nitrogen functional groups attached to an aromatic ring is 1. The van der Waals surface area contributed by atoms with Gasteiger partial charge in [0.15, 0.2) is 0 Å². The molecule has 0 aromatic heterocycles. The molecule has 0 spiro atoms. The predicted octanol–water partition coefficient (Wildman–Crippen LogP) is 2.18. The van der Waals surface area contributed by atoms with E-state index in [1.54, 1.807) is 6.07 Å². The average Bonchev–Trinajstić information content (AvgIpc) is 2.85. The zero-order valence-electron chi connectivity index (χ0n) is 11.1. The third kappa shape index (κ3) is 2.26. The first-order chi connectivity index (χ1) is 9.29. The maximum atomic E-state index is 9.03. The lowest BCUT2D eigenvalue weighted by Crippen LogP contribution is -2.41. The van der Waals surface area contributed by atoms with Gasteiger partial charge in [0.25, 0.3) is 0 Å². The second-order valence-corrected chi connectivity index (χ2v) is 5.52. The van der Waals surface area contributed by atoms with E-state index in [4.69, 9.17) is 11.0 Å². The zero-order chi connectivity index (χ0) is 13.2. The van der Waals surface area contributed by atoms with Crippen molar-refractivity contribution in [3.8, 4) is 6.07 Å². The number of para-hydroxylation sites is 1. The Morgan fingerprint density at radius 2 is 2.16 bits per heavy atom. The second-order valence-electron chi connectivity index (χ2n) is 5.52. The van der Waals surface area contributed by atoms with Gasteiger partial charge in [-0.05, 0) is 37.9 Å². The van der Waals surface area contributed by atoms with E-state index in [0.717, 1.165) is 5.69 Å². The van der Waals surface area contributed by atoms with Crippen molar-refractivity contribution in [1.82, 2.24) is 4.90 Å². The average molecular weight is 256 g/mol. The van der Waals surface area contributed by atoms with Gasteiger partial charge in [0, 0.05) is 18.6 Å². The number of piperidine rings is 1. The molecule has 4 nitrogen and oxygen atoms in total. The van der Waals surface area contributed by atoms with Crippen LogP contribution in [0.3, 0.4) is 0 Å². The van der Waals surface area contributed by atoms with Gasteiger partial charge in [0.05, 0.1) is 16.9 Å². The highest BCUT2D eigenvalue weighted by molar-refractivity contribution is 5.73. The number of nitrogens with zero attached hydrogens (tertiary/aromatic N) is 2. The molecule has 2 atom stereocenters. The number of fused-ring (bicyclic) bond motifs is 1.